The fourth-order valence-electron chi connectivity index (χ4n) is 1.38. The van der Waals surface area contributed by atoms with Crippen LogP contribution in [0.5, 0.6) is 0 Å². The van der Waals surface area contributed by atoms with Crippen molar-refractivity contribution in [1.29, 1.82) is 0 Å². The average molecular weight is 225 g/mol. The van der Waals surface area contributed by atoms with Gasteiger partial charge in [0.05, 0.1) is 11.3 Å². The first-order chi connectivity index (χ1) is 7.29. The quantitative estimate of drug-likeness (QED) is 0.615. The molecule has 1 heterocycles. The van der Waals surface area contributed by atoms with Crippen molar-refractivity contribution in [2.45, 2.75) is 19.4 Å². The monoisotopic (exact) mass is 225 g/mol. The molecule has 0 atom stereocenters. The molecule has 1 rings (SSSR count). The maximum absolute atomic E-state index is 10.4. The number of rotatable bonds is 4. The van der Waals surface area contributed by atoms with Crippen LogP contribution in [0.3, 0.4) is 0 Å². The molecule has 0 spiro atoms. The molecule has 16 heavy (non-hydrogen) atoms. The molecule has 6 heteroatoms. The molecule has 0 radical (unpaired) electrons. The van der Waals surface area contributed by atoms with Crippen LogP contribution in [0.15, 0.2) is 18.3 Å². The summed E-state index contributed by atoms with van der Waals surface area (Å²) in [5.41, 5.74) is -0.0935. The van der Waals surface area contributed by atoms with Crippen molar-refractivity contribution in [2.75, 3.05) is 18.5 Å². The van der Waals surface area contributed by atoms with Crippen LogP contribution in [-0.2, 0) is 0 Å². The smallest absolute Gasteiger partial charge is 0.363 e. The number of nitrogens with zero attached hydrogens (tertiary/aromatic N) is 3. The lowest BCUT2D eigenvalue weighted by Gasteiger charge is -2.26. The number of aliphatic hydroxyl groups is 1. The third-order valence-electron chi connectivity index (χ3n) is 1.98. The Kier molecular flexibility index (Phi) is 3.44. The van der Waals surface area contributed by atoms with Crippen LogP contribution >= 0.6 is 0 Å². The topological polar surface area (TPSA) is 79.5 Å². The molecule has 0 fully saturated rings. The van der Waals surface area contributed by atoms with Crippen molar-refractivity contribution < 1.29 is 10.0 Å². The molecule has 0 amide bonds. The van der Waals surface area contributed by atoms with Crippen molar-refractivity contribution >= 4 is 11.5 Å². The Morgan fingerprint density at radius 1 is 1.56 bits per heavy atom. The number of aromatic nitrogens is 1. The number of hydrogen-bond acceptors (Lipinski definition) is 5. The average Bonchev–Trinajstić information content (AvgIpc) is 2.15. The lowest BCUT2D eigenvalue weighted by molar-refractivity contribution is -0.389. The van der Waals surface area contributed by atoms with Crippen LogP contribution in [0.2, 0.25) is 0 Å². The maximum Gasteiger partial charge on any atom is 0.363 e. The highest BCUT2D eigenvalue weighted by Crippen LogP contribution is 2.16. The van der Waals surface area contributed by atoms with Crippen molar-refractivity contribution in [1.82, 2.24) is 4.98 Å². The summed E-state index contributed by atoms with van der Waals surface area (Å²) in [5, 5.41) is 20.0. The minimum Gasteiger partial charge on any atom is -0.389 e. The standard InChI is InChI=1S/C10H15N3O3/c1-10(2,14)7-12(3)8-4-5-9(11-6-8)13(15)16/h4-6,14H,7H2,1-3H3. The second-order valence-corrected chi connectivity index (χ2v) is 4.30. The summed E-state index contributed by atoms with van der Waals surface area (Å²) in [6, 6.07) is 2.95. The molecule has 0 unspecified atom stereocenters. The van der Waals surface area contributed by atoms with E-state index in [1.54, 1.807) is 31.9 Å². The van der Waals surface area contributed by atoms with Crippen LogP contribution in [0.25, 0.3) is 0 Å². The zero-order chi connectivity index (χ0) is 12.3. The highest BCUT2D eigenvalue weighted by Gasteiger charge is 2.17. The molecule has 1 N–H and O–H groups in total. The Morgan fingerprint density at radius 2 is 2.19 bits per heavy atom. The van der Waals surface area contributed by atoms with E-state index < -0.39 is 10.5 Å². The SMILES string of the molecule is CN(CC(C)(C)O)c1ccc([N+](=O)[O-])nc1. The molecule has 1 aromatic heterocycles. The molecule has 0 aliphatic rings. The molecule has 88 valence electrons. The van der Waals surface area contributed by atoms with Crippen LogP contribution in [0.4, 0.5) is 11.5 Å². The molecular formula is C10H15N3O3. The number of hydrogen-bond donors (Lipinski definition) is 1. The first-order valence-corrected chi connectivity index (χ1v) is 4.83. The highest BCUT2D eigenvalue weighted by molar-refractivity contribution is 5.45. The molecule has 0 aromatic carbocycles. The summed E-state index contributed by atoms with van der Waals surface area (Å²) in [4.78, 5) is 15.4. The normalized spacial score (nSPS) is 11.2. The van der Waals surface area contributed by atoms with Crippen molar-refractivity contribution in [3.8, 4) is 0 Å². The van der Waals surface area contributed by atoms with Crippen LogP contribution in [0, 0.1) is 10.1 Å². The van der Waals surface area contributed by atoms with Crippen molar-refractivity contribution in [2.24, 2.45) is 0 Å². The van der Waals surface area contributed by atoms with Gasteiger partial charge in [0.25, 0.3) is 0 Å². The zero-order valence-corrected chi connectivity index (χ0v) is 9.54. The van der Waals surface area contributed by atoms with E-state index in [0.29, 0.717) is 6.54 Å². The Hall–Kier alpha value is -1.69. The summed E-state index contributed by atoms with van der Waals surface area (Å²) in [6.45, 7) is 3.82. The van der Waals surface area contributed by atoms with Crippen LogP contribution < -0.4 is 4.90 Å². The van der Waals surface area contributed by atoms with Gasteiger partial charge in [-0.05, 0) is 29.8 Å². The van der Waals surface area contributed by atoms with Gasteiger partial charge < -0.3 is 20.1 Å². The minimum absolute atomic E-state index is 0.180. The van der Waals surface area contributed by atoms with Crippen molar-refractivity contribution in [3.05, 3.63) is 28.4 Å². The van der Waals surface area contributed by atoms with Gasteiger partial charge in [-0.1, -0.05) is 0 Å². The van der Waals surface area contributed by atoms with Gasteiger partial charge in [-0.2, -0.15) is 0 Å². The first-order valence-electron chi connectivity index (χ1n) is 4.83. The number of anilines is 1. The van der Waals surface area contributed by atoms with Gasteiger partial charge in [0.15, 0.2) is 6.20 Å². The Labute approximate surface area is 93.7 Å². The van der Waals surface area contributed by atoms with E-state index in [-0.39, 0.29) is 5.82 Å². The molecule has 0 aliphatic heterocycles. The fourth-order valence-corrected chi connectivity index (χ4v) is 1.38. The van der Waals surface area contributed by atoms with Gasteiger partial charge in [-0.3, -0.25) is 0 Å². The Balaban J connectivity index is 2.78. The highest BCUT2D eigenvalue weighted by atomic mass is 16.6. The summed E-state index contributed by atoms with van der Waals surface area (Å²) < 4.78 is 0. The molecule has 1 aromatic rings. The lowest BCUT2D eigenvalue weighted by atomic mass is 10.1. The van der Waals surface area contributed by atoms with Gasteiger partial charge in [-0.15, -0.1) is 0 Å². The van der Waals surface area contributed by atoms with E-state index in [1.807, 2.05) is 0 Å². The summed E-state index contributed by atoms with van der Waals surface area (Å²) in [7, 11) is 1.79. The third kappa shape index (κ3) is 3.47. The summed E-state index contributed by atoms with van der Waals surface area (Å²) >= 11 is 0. The van der Waals surface area contributed by atoms with E-state index in [4.69, 9.17) is 0 Å². The number of nitro groups is 1. The largest absolute Gasteiger partial charge is 0.389 e. The molecular weight excluding hydrogens is 210 g/mol. The van der Waals surface area contributed by atoms with E-state index in [1.165, 1.54) is 12.3 Å². The molecule has 6 nitrogen and oxygen atoms in total. The first kappa shape index (κ1) is 12.4. The predicted molar refractivity (Wildman–Crippen MR) is 60.5 cm³/mol. The van der Waals surface area contributed by atoms with Crippen LogP contribution in [0.1, 0.15) is 13.8 Å². The molecule has 0 saturated carbocycles. The second kappa shape index (κ2) is 4.44. The molecule has 0 saturated heterocycles. The van der Waals surface area contributed by atoms with E-state index >= 15 is 0 Å². The van der Waals surface area contributed by atoms with E-state index in [9.17, 15) is 15.2 Å². The Bertz CT molecular complexity index is 370. The lowest BCUT2D eigenvalue weighted by Crippen LogP contribution is -2.36. The summed E-state index contributed by atoms with van der Waals surface area (Å²) in [6.07, 6.45) is 1.42. The van der Waals surface area contributed by atoms with E-state index in [2.05, 4.69) is 4.98 Å². The van der Waals surface area contributed by atoms with Crippen molar-refractivity contribution in [3.63, 3.8) is 0 Å². The van der Waals surface area contributed by atoms with Gasteiger partial charge in [0.1, 0.15) is 0 Å². The minimum atomic E-state index is -0.823. The second-order valence-electron chi connectivity index (χ2n) is 4.30. The van der Waals surface area contributed by atoms with Gasteiger partial charge in [0, 0.05) is 19.7 Å². The van der Waals surface area contributed by atoms with Gasteiger partial charge in [0.2, 0.25) is 0 Å². The zero-order valence-electron chi connectivity index (χ0n) is 9.54. The Morgan fingerprint density at radius 3 is 2.56 bits per heavy atom. The molecule has 0 bridgehead atoms. The third-order valence-corrected chi connectivity index (χ3v) is 1.98. The van der Waals surface area contributed by atoms with Gasteiger partial charge >= 0.3 is 5.82 Å². The fraction of sp³-hybridized carbons (Fsp3) is 0.500. The summed E-state index contributed by atoms with van der Waals surface area (Å²) in [5.74, 6) is -0.180. The van der Waals surface area contributed by atoms with Crippen LogP contribution in [-0.4, -0.2) is 34.2 Å². The van der Waals surface area contributed by atoms with E-state index in [0.717, 1.165) is 5.69 Å². The number of pyridine rings is 1. The predicted octanol–water partition coefficient (Wildman–Crippen LogP) is 1.20. The maximum atomic E-state index is 10.4. The number of likely N-dealkylation sites (N-methyl/N-ethyl adjacent to an activating group) is 1. The van der Waals surface area contributed by atoms with Gasteiger partial charge in [-0.25, -0.2) is 0 Å². The molecule has 0 aliphatic carbocycles.